The quantitative estimate of drug-likeness (QED) is 0.894. The highest BCUT2D eigenvalue weighted by molar-refractivity contribution is 5.29. The topological polar surface area (TPSA) is 52.5 Å². The maximum Gasteiger partial charge on any atom is 0.225 e. The number of hydrogen-bond donors (Lipinski definition) is 1. The Balaban J connectivity index is 1.54. The molecule has 5 heteroatoms. The van der Waals surface area contributed by atoms with Crippen LogP contribution in [0.25, 0.3) is 0 Å². The van der Waals surface area contributed by atoms with E-state index in [0.29, 0.717) is 6.61 Å². The Bertz CT molecular complexity index is 411. The molecular weight excluding hydrogens is 252 g/mol. The van der Waals surface area contributed by atoms with Gasteiger partial charge in [0.25, 0.3) is 0 Å². The average Bonchev–Trinajstić information content (AvgIpc) is 2.98. The van der Waals surface area contributed by atoms with Crippen LogP contribution in [0.2, 0.25) is 0 Å². The van der Waals surface area contributed by atoms with Crippen LogP contribution in [0.4, 0.5) is 5.95 Å². The van der Waals surface area contributed by atoms with Gasteiger partial charge in [-0.3, -0.25) is 4.90 Å². The Hall–Kier alpha value is -1.20. The van der Waals surface area contributed by atoms with E-state index >= 15 is 0 Å². The van der Waals surface area contributed by atoms with Crippen molar-refractivity contribution in [1.82, 2.24) is 14.9 Å². The highest BCUT2D eigenvalue weighted by Gasteiger charge is 2.35. The number of aromatic nitrogens is 2. The minimum absolute atomic E-state index is 0.172. The lowest BCUT2D eigenvalue weighted by atomic mass is 9.86. The summed E-state index contributed by atoms with van der Waals surface area (Å²) in [6.45, 7) is 5.43. The lowest BCUT2D eigenvalue weighted by Gasteiger charge is -2.39. The van der Waals surface area contributed by atoms with Crippen molar-refractivity contribution in [3.8, 4) is 0 Å². The molecule has 1 N–H and O–H groups in total. The van der Waals surface area contributed by atoms with Crippen molar-refractivity contribution < 1.29 is 5.11 Å². The molecule has 0 atom stereocenters. The van der Waals surface area contributed by atoms with Gasteiger partial charge in [0.2, 0.25) is 5.95 Å². The standard InChI is InChI=1S/C15H24N4O/c20-13-15(4-1-2-5-15)12-18-8-10-19(11-9-18)14-16-6-3-7-17-14/h3,6-7,20H,1-2,4-5,8-13H2. The monoisotopic (exact) mass is 276 g/mol. The Labute approximate surface area is 120 Å². The van der Waals surface area contributed by atoms with Crippen molar-refractivity contribution in [3.63, 3.8) is 0 Å². The van der Waals surface area contributed by atoms with Gasteiger partial charge in [-0.05, 0) is 18.9 Å². The van der Waals surface area contributed by atoms with Crippen molar-refractivity contribution >= 4 is 5.95 Å². The van der Waals surface area contributed by atoms with Gasteiger partial charge in [0.05, 0.1) is 0 Å². The Kier molecular flexibility index (Phi) is 4.17. The van der Waals surface area contributed by atoms with E-state index in [1.807, 2.05) is 6.07 Å². The van der Waals surface area contributed by atoms with Crippen LogP contribution in [0.3, 0.4) is 0 Å². The zero-order valence-electron chi connectivity index (χ0n) is 12.0. The van der Waals surface area contributed by atoms with E-state index in [1.54, 1.807) is 12.4 Å². The van der Waals surface area contributed by atoms with Crippen molar-refractivity contribution in [3.05, 3.63) is 18.5 Å². The normalized spacial score (nSPS) is 23.1. The van der Waals surface area contributed by atoms with Crippen molar-refractivity contribution in [1.29, 1.82) is 0 Å². The SMILES string of the molecule is OCC1(CN2CCN(c3ncccn3)CC2)CCCC1. The lowest BCUT2D eigenvalue weighted by molar-refractivity contribution is 0.0755. The molecule has 20 heavy (non-hydrogen) atoms. The van der Waals surface area contributed by atoms with Crippen LogP contribution < -0.4 is 4.90 Å². The number of rotatable bonds is 4. The van der Waals surface area contributed by atoms with Crippen LogP contribution in [0.5, 0.6) is 0 Å². The first-order chi connectivity index (χ1) is 9.81. The summed E-state index contributed by atoms with van der Waals surface area (Å²) in [6, 6.07) is 1.85. The number of aliphatic hydroxyl groups is 1. The van der Waals surface area contributed by atoms with Crippen molar-refractivity contribution in [2.75, 3.05) is 44.2 Å². The van der Waals surface area contributed by atoms with E-state index in [0.717, 1.165) is 38.7 Å². The van der Waals surface area contributed by atoms with Crippen molar-refractivity contribution in [2.45, 2.75) is 25.7 Å². The smallest absolute Gasteiger partial charge is 0.225 e. The summed E-state index contributed by atoms with van der Waals surface area (Å²) in [5.74, 6) is 0.838. The summed E-state index contributed by atoms with van der Waals surface area (Å²) in [5.41, 5.74) is 0.172. The molecule has 0 amide bonds. The summed E-state index contributed by atoms with van der Waals surface area (Å²) < 4.78 is 0. The zero-order valence-corrected chi connectivity index (χ0v) is 12.0. The van der Waals surface area contributed by atoms with Crippen LogP contribution in [0.15, 0.2) is 18.5 Å². The summed E-state index contributed by atoms with van der Waals surface area (Å²) in [4.78, 5) is 13.4. The van der Waals surface area contributed by atoms with Crippen LogP contribution in [-0.4, -0.2) is 59.3 Å². The summed E-state index contributed by atoms with van der Waals surface area (Å²) in [7, 11) is 0. The third-order valence-electron chi connectivity index (χ3n) is 4.77. The molecule has 0 radical (unpaired) electrons. The molecule has 5 nitrogen and oxygen atoms in total. The fraction of sp³-hybridized carbons (Fsp3) is 0.733. The molecule has 0 spiro atoms. The lowest BCUT2D eigenvalue weighted by Crippen LogP contribution is -2.50. The predicted octanol–water partition coefficient (Wildman–Crippen LogP) is 1.15. The molecular formula is C15H24N4O. The zero-order chi connectivity index (χ0) is 13.8. The molecule has 2 heterocycles. The molecule has 1 saturated heterocycles. The van der Waals surface area contributed by atoms with E-state index in [-0.39, 0.29) is 5.41 Å². The minimum Gasteiger partial charge on any atom is -0.396 e. The van der Waals surface area contributed by atoms with Gasteiger partial charge < -0.3 is 10.0 Å². The Morgan fingerprint density at radius 2 is 1.70 bits per heavy atom. The van der Waals surface area contributed by atoms with E-state index in [4.69, 9.17) is 0 Å². The Morgan fingerprint density at radius 1 is 1.05 bits per heavy atom. The third-order valence-corrected chi connectivity index (χ3v) is 4.77. The van der Waals surface area contributed by atoms with E-state index in [2.05, 4.69) is 19.8 Å². The summed E-state index contributed by atoms with van der Waals surface area (Å²) >= 11 is 0. The van der Waals surface area contributed by atoms with Gasteiger partial charge in [-0.2, -0.15) is 0 Å². The maximum absolute atomic E-state index is 9.72. The molecule has 2 fully saturated rings. The molecule has 0 unspecified atom stereocenters. The largest absolute Gasteiger partial charge is 0.396 e. The van der Waals surface area contributed by atoms with Gasteiger partial charge in [-0.25, -0.2) is 9.97 Å². The highest BCUT2D eigenvalue weighted by atomic mass is 16.3. The van der Waals surface area contributed by atoms with E-state index in [1.165, 1.54) is 25.7 Å². The number of nitrogens with zero attached hydrogens (tertiary/aromatic N) is 4. The second kappa shape index (κ2) is 6.06. The molecule has 1 aliphatic heterocycles. The second-order valence-corrected chi connectivity index (χ2v) is 6.18. The van der Waals surface area contributed by atoms with Gasteiger partial charge in [-0.1, -0.05) is 12.8 Å². The van der Waals surface area contributed by atoms with E-state index < -0.39 is 0 Å². The van der Waals surface area contributed by atoms with Crippen LogP contribution in [-0.2, 0) is 0 Å². The van der Waals surface area contributed by atoms with Gasteiger partial charge >= 0.3 is 0 Å². The molecule has 3 rings (SSSR count). The van der Waals surface area contributed by atoms with Gasteiger partial charge in [-0.15, -0.1) is 0 Å². The predicted molar refractivity (Wildman–Crippen MR) is 78.7 cm³/mol. The minimum atomic E-state index is 0.172. The van der Waals surface area contributed by atoms with Crippen molar-refractivity contribution in [2.24, 2.45) is 5.41 Å². The average molecular weight is 276 g/mol. The Morgan fingerprint density at radius 3 is 2.30 bits per heavy atom. The fourth-order valence-corrected chi connectivity index (χ4v) is 3.53. The number of piperazine rings is 1. The summed E-state index contributed by atoms with van der Waals surface area (Å²) in [6.07, 6.45) is 8.52. The number of hydrogen-bond acceptors (Lipinski definition) is 5. The van der Waals surface area contributed by atoms with Gasteiger partial charge in [0, 0.05) is 57.1 Å². The van der Waals surface area contributed by atoms with Crippen LogP contribution in [0.1, 0.15) is 25.7 Å². The molecule has 1 aromatic heterocycles. The van der Waals surface area contributed by atoms with Gasteiger partial charge in [0.15, 0.2) is 0 Å². The molecule has 1 saturated carbocycles. The second-order valence-electron chi connectivity index (χ2n) is 6.18. The molecule has 1 aliphatic carbocycles. The number of anilines is 1. The first-order valence-electron chi connectivity index (χ1n) is 7.67. The summed E-state index contributed by atoms with van der Waals surface area (Å²) in [5, 5.41) is 9.72. The maximum atomic E-state index is 9.72. The molecule has 0 aromatic carbocycles. The van der Waals surface area contributed by atoms with Gasteiger partial charge in [0.1, 0.15) is 0 Å². The third kappa shape index (κ3) is 2.94. The molecule has 2 aliphatic rings. The first kappa shape index (κ1) is 13.8. The molecule has 110 valence electrons. The molecule has 0 bridgehead atoms. The van der Waals surface area contributed by atoms with E-state index in [9.17, 15) is 5.11 Å². The van der Waals surface area contributed by atoms with Crippen LogP contribution in [0, 0.1) is 5.41 Å². The van der Waals surface area contributed by atoms with Crippen LogP contribution >= 0.6 is 0 Å². The highest BCUT2D eigenvalue weighted by Crippen LogP contribution is 2.38. The molecule has 1 aromatic rings. The first-order valence-corrected chi connectivity index (χ1v) is 7.67. The number of aliphatic hydroxyl groups excluding tert-OH is 1. The fourth-order valence-electron chi connectivity index (χ4n) is 3.53.